The molecule has 6 nitrogen and oxygen atoms in total. The normalized spacial score (nSPS) is 12.1. The zero-order valence-electron chi connectivity index (χ0n) is 10.6. The van der Waals surface area contributed by atoms with Gasteiger partial charge in [0, 0.05) is 11.8 Å². The first kappa shape index (κ1) is 13.1. The Bertz CT molecular complexity index is 562. The lowest BCUT2D eigenvalue weighted by Gasteiger charge is -2.10. The molecule has 0 bridgehead atoms. The molecule has 6 heteroatoms. The zero-order chi connectivity index (χ0) is 13.8. The van der Waals surface area contributed by atoms with Gasteiger partial charge < -0.3 is 16.2 Å². The van der Waals surface area contributed by atoms with Crippen LogP contribution in [0.15, 0.2) is 30.3 Å². The molecule has 0 radical (unpaired) electrons. The van der Waals surface area contributed by atoms with Gasteiger partial charge in [0.05, 0.1) is 6.04 Å². The van der Waals surface area contributed by atoms with Gasteiger partial charge in [-0.05, 0) is 31.0 Å². The summed E-state index contributed by atoms with van der Waals surface area (Å²) in [6.45, 7) is 1.85. The number of carbonyl (C=O) groups is 1. The second-order valence-electron chi connectivity index (χ2n) is 4.40. The molecule has 0 aliphatic heterocycles. The Labute approximate surface area is 110 Å². The lowest BCUT2D eigenvalue weighted by atomic mass is 10.1. The number of benzene rings is 1. The Balaban J connectivity index is 1.94. The van der Waals surface area contributed by atoms with Gasteiger partial charge in [-0.15, -0.1) is 0 Å². The van der Waals surface area contributed by atoms with Gasteiger partial charge in [-0.3, -0.25) is 9.89 Å². The number of nitrogens with two attached hydrogens (primary N) is 1. The van der Waals surface area contributed by atoms with E-state index in [4.69, 9.17) is 5.73 Å². The monoisotopic (exact) mass is 260 g/mol. The van der Waals surface area contributed by atoms with Crippen molar-refractivity contribution in [1.82, 2.24) is 10.2 Å². The Morgan fingerprint density at radius 3 is 2.74 bits per heavy atom. The molecule has 0 saturated heterocycles. The molecule has 19 heavy (non-hydrogen) atoms. The van der Waals surface area contributed by atoms with Crippen LogP contribution in [0.25, 0.3) is 0 Å². The van der Waals surface area contributed by atoms with E-state index in [1.165, 1.54) is 0 Å². The number of nitrogens with one attached hydrogen (secondary N) is 2. The Morgan fingerprint density at radius 1 is 1.47 bits per heavy atom. The highest BCUT2D eigenvalue weighted by atomic mass is 16.3. The molecule has 1 aromatic carbocycles. The highest BCUT2D eigenvalue weighted by molar-refractivity contribution is 5.94. The van der Waals surface area contributed by atoms with Crippen molar-refractivity contribution < 1.29 is 9.90 Å². The molecule has 1 aromatic heterocycles. The number of rotatable bonds is 4. The van der Waals surface area contributed by atoms with Crippen molar-refractivity contribution in [1.29, 1.82) is 0 Å². The highest BCUT2D eigenvalue weighted by Gasteiger charge is 2.15. The van der Waals surface area contributed by atoms with Gasteiger partial charge >= 0.3 is 0 Å². The Hall–Kier alpha value is -2.34. The maximum absolute atomic E-state index is 11.9. The van der Waals surface area contributed by atoms with Crippen LogP contribution >= 0.6 is 0 Å². The molecule has 0 aliphatic rings. The van der Waals surface area contributed by atoms with Gasteiger partial charge in [0.15, 0.2) is 5.82 Å². The third-order valence-corrected chi connectivity index (χ3v) is 2.69. The highest BCUT2D eigenvalue weighted by Crippen LogP contribution is 2.11. The lowest BCUT2D eigenvalue weighted by Crippen LogP contribution is -2.37. The second kappa shape index (κ2) is 5.53. The first-order valence-electron chi connectivity index (χ1n) is 5.91. The maximum atomic E-state index is 11.9. The summed E-state index contributed by atoms with van der Waals surface area (Å²) < 4.78 is 0. The van der Waals surface area contributed by atoms with Crippen molar-refractivity contribution >= 4 is 11.7 Å². The van der Waals surface area contributed by atoms with Gasteiger partial charge in [0.25, 0.3) is 0 Å². The van der Waals surface area contributed by atoms with Crippen LogP contribution < -0.4 is 11.1 Å². The molecule has 0 aliphatic carbocycles. The molecule has 1 heterocycles. The summed E-state index contributed by atoms with van der Waals surface area (Å²) in [6, 6.07) is 7.67. The van der Waals surface area contributed by atoms with Crippen molar-refractivity contribution in [3.63, 3.8) is 0 Å². The van der Waals surface area contributed by atoms with E-state index in [1.54, 1.807) is 30.3 Å². The molecule has 1 atom stereocenters. The number of aromatic nitrogens is 2. The fourth-order valence-electron chi connectivity index (χ4n) is 1.68. The molecule has 2 rings (SSSR count). The number of hydrogen-bond acceptors (Lipinski definition) is 4. The number of aromatic hydroxyl groups is 1. The topological polar surface area (TPSA) is 104 Å². The molecule has 0 saturated carbocycles. The summed E-state index contributed by atoms with van der Waals surface area (Å²) in [5, 5.41) is 18.5. The number of phenols is 1. The molecular weight excluding hydrogens is 244 g/mol. The molecule has 1 amide bonds. The zero-order valence-corrected chi connectivity index (χ0v) is 10.6. The van der Waals surface area contributed by atoms with Crippen LogP contribution in [0, 0.1) is 6.92 Å². The molecule has 5 N–H and O–H groups in total. The van der Waals surface area contributed by atoms with Gasteiger partial charge in [-0.2, -0.15) is 5.10 Å². The third-order valence-electron chi connectivity index (χ3n) is 2.69. The summed E-state index contributed by atoms with van der Waals surface area (Å²) in [6.07, 6.45) is 0.398. The van der Waals surface area contributed by atoms with Crippen molar-refractivity contribution in [2.24, 2.45) is 5.73 Å². The number of amides is 1. The Kier molecular flexibility index (Phi) is 3.82. The minimum absolute atomic E-state index is 0.189. The quantitative estimate of drug-likeness (QED) is 0.656. The van der Waals surface area contributed by atoms with Crippen LogP contribution in [0.1, 0.15) is 11.3 Å². The van der Waals surface area contributed by atoms with Crippen molar-refractivity contribution in [2.45, 2.75) is 19.4 Å². The van der Waals surface area contributed by atoms with Crippen LogP contribution in [0.2, 0.25) is 0 Å². The summed E-state index contributed by atoms with van der Waals surface area (Å²) in [5.41, 5.74) is 7.58. The standard InChI is InChI=1S/C13H16N4O2/c1-8-6-12(17-16-8)15-13(19)11(14)7-9-2-4-10(18)5-3-9/h2-6,11,18H,7,14H2,1H3,(H2,15,16,17,19). The summed E-state index contributed by atoms with van der Waals surface area (Å²) in [7, 11) is 0. The molecule has 100 valence electrons. The van der Waals surface area contributed by atoms with E-state index in [-0.39, 0.29) is 11.7 Å². The number of H-pyrrole nitrogens is 1. The smallest absolute Gasteiger partial charge is 0.242 e. The fraction of sp³-hybridized carbons (Fsp3) is 0.231. The molecule has 0 fully saturated rings. The number of nitrogens with zero attached hydrogens (tertiary/aromatic N) is 1. The van der Waals surface area contributed by atoms with Crippen LogP contribution in [0.3, 0.4) is 0 Å². The van der Waals surface area contributed by atoms with Gasteiger partial charge in [-0.1, -0.05) is 12.1 Å². The molecule has 1 unspecified atom stereocenters. The minimum atomic E-state index is -0.665. The van der Waals surface area contributed by atoms with E-state index >= 15 is 0 Å². The number of carbonyl (C=O) groups excluding carboxylic acids is 1. The van der Waals surface area contributed by atoms with E-state index in [9.17, 15) is 9.90 Å². The summed E-state index contributed by atoms with van der Waals surface area (Å²) in [5.74, 6) is 0.358. The predicted octanol–water partition coefficient (Wildman–Crippen LogP) is 0.932. The number of phenolic OH excluding ortho intramolecular Hbond substituents is 1. The van der Waals surface area contributed by atoms with E-state index in [0.29, 0.717) is 12.2 Å². The average Bonchev–Trinajstić information content (AvgIpc) is 2.77. The van der Waals surface area contributed by atoms with E-state index < -0.39 is 6.04 Å². The average molecular weight is 260 g/mol. The molecular formula is C13H16N4O2. The van der Waals surface area contributed by atoms with Crippen LogP contribution in [-0.4, -0.2) is 27.3 Å². The van der Waals surface area contributed by atoms with Crippen molar-refractivity contribution in [2.75, 3.05) is 5.32 Å². The second-order valence-corrected chi connectivity index (χ2v) is 4.40. The van der Waals surface area contributed by atoms with Gasteiger partial charge in [0.2, 0.25) is 5.91 Å². The maximum Gasteiger partial charge on any atom is 0.242 e. The largest absolute Gasteiger partial charge is 0.508 e. The number of aromatic amines is 1. The first-order chi connectivity index (χ1) is 9.04. The van der Waals surface area contributed by atoms with Crippen LogP contribution in [-0.2, 0) is 11.2 Å². The van der Waals surface area contributed by atoms with E-state index in [1.807, 2.05) is 6.92 Å². The van der Waals surface area contributed by atoms with Crippen molar-refractivity contribution in [3.05, 3.63) is 41.6 Å². The van der Waals surface area contributed by atoms with Gasteiger partial charge in [0.1, 0.15) is 5.75 Å². The minimum Gasteiger partial charge on any atom is -0.508 e. The van der Waals surface area contributed by atoms with E-state index in [0.717, 1.165) is 11.3 Å². The lowest BCUT2D eigenvalue weighted by molar-refractivity contribution is -0.117. The SMILES string of the molecule is Cc1cc(NC(=O)C(N)Cc2ccc(O)cc2)n[nH]1. The van der Waals surface area contributed by atoms with Gasteiger partial charge in [-0.25, -0.2) is 0 Å². The van der Waals surface area contributed by atoms with Crippen LogP contribution in [0.4, 0.5) is 5.82 Å². The van der Waals surface area contributed by atoms with Crippen molar-refractivity contribution in [3.8, 4) is 5.75 Å². The number of aryl methyl sites for hydroxylation is 1. The predicted molar refractivity (Wildman–Crippen MR) is 71.7 cm³/mol. The number of hydrogen-bond donors (Lipinski definition) is 4. The summed E-state index contributed by atoms with van der Waals surface area (Å²) >= 11 is 0. The molecule has 0 spiro atoms. The number of anilines is 1. The summed E-state index contributed by atoms with van der Waals surface area (Å²) in [4.78, 5) is 11.9. The third kappa shape index (κ3) is 3.56. The Morgan fingerprint density at radius 2 is 2.16 bits per heavy atom. The van der Waals surface area contributed by atoms with Crippen LogP contribution in [0.5, 0.6) is 5.75 Å². The first-order valence-corrected chi connectivity index (χ1v) is 5.91. The van der Waals surface area contributed by atoms with E-state index in [2.05, 4.69) is 15.5 Å². The molecule has 2 aromatic rings. The fourth-order valence-corrected chi connectivity index (χ4v) is 1.68.